The summed E-state index contributed by atoms with van der Waals surface area (Å²) in [6.45, 7) is 1.59. The summed E-state index contributed by atoms with van der Waals surface area (Å²) in [4.78, 5) is 10.1. The quantitative estimate of drug-likeness (QED) is 0.548. The monoisotopic (exact) mass is 192 g/mol. The van der Waals surface area contributed by atoms with Gasteiger partial charge in [-0.05, 0) is 13.3 Å². The number of rotatable bonds is 3. The SMILES string of the molecule is CC(=CCCBr)C(=O)O. The molecule has 0 bridgehead atoms. The van der Waals surface area contributed by atoms with E-state index >= 15 is 0 Å². The second-order valence-electron chi connectivity index (χ2n) is 1.67. The third-order valence-electron chi connectivity index (χ3n) is 0.897. The molecule has 0 aromatic carbocycles. The number of halogens is 1. The van der Waals surface area contributed by atoms with Crippen LogP contribution in [0.1, 0.15) is 13.3 Å². The Bertz CT molecular complexity index is 129. The Balaban J connectivity index is 3.69. The summed E-state index contributed by atoms with van der Waals surface area (Å²) in [5, 5.41) is 9.14. The van der Waals surface area contributed by atoms with Crippen molar-refractivity contribution < 1.29 is 9.90 Å². The third-order valence-corrected chi connectivity index (χ3v) is 1.35. The number of alkyl halides is 1. The van der Waals surface area contributed by atoms with Crippen molar-refractivity contribution >= 4 is 21.9 Å². The minimum atomic E-state index is -0.837. The Hall–Kier alpha value is -0.310. The largest absolute Gasteiger partial charge is 0.478 e. The summed E-state index contributed by atoms with van der Waals surface area (Å²) in [5.41, 5.74) is 0.412. The minimum Gasteiger partial charge on any atom is -0.478 e. The van der Waals surface area contributed by atoms with Gasteiger partial charge in [0.15, 0.2) is 0 Å². The molecule has 0 aliphatic heterocycles. The van der Waals surface area contributed by atoms with Crippen LogP contribution in [0.2, 0.25) is 0 Å². The normalized spacial score (nSPS) is 11.6. The standard InChI is InChI=1S/C6H9BrO2/c1-5(6(8)9)3-2-4-7/h3H,2,4H2,1H3,(H,8,9). The molecule has 0 rings (SSSR count). The van der Waals surface area contributed by atoms with Crippen LogP contribution in [0.4, 0.5) is 0 Å². The van der Waals surface area contributed by atoms with E-state index in [1.807, 2.05) is 0 Å². The second-order valence-corrected chi connectivity index (χ2v) is 2.46. The van der Waals surface area contributed by atoms with Gasteiger partial charge in [-0.1, -0.05) is 22.0 Å². The van der Waals surface area contributed by atoms with Gasteiger partial charge in [0.25, 0.3) is 0 Å². The van der Waals surface area contributed by atoms with Gasteiger partial charge in [-0.25, -0.2) is 4.79 Å². The van der Waals surface area contributed by atoms with Crippen LogP contribution < -0.4 is 0 Å². The van der Waals surface area contributed by atoms with E-state index in [9.17, 15) is 4.79 Å². The lowest BCUT2D eigenvalue weighted by molar-refractivity contribution is -0.132. The number of hydrogen-bond donors (Lipinski definition) is 1. The molecule has 0 saturated carbocycles. The maximum absolute atomic E-state index is 10.1. The molecule has 0 atom stereocenters. The highest BCUT2D eigenvalue weighted by molar-refractivity contribution is 9.09. The molecular weight excluding hydrogens is 184 g/mol. The fourth-order valence-electron chi connectivity index (χ4n) is 0.358. The summed E-state index contributed by atoms with van der Waals surface area (Å²) in [6, 6.07) is 0. The Morgan fingerprint density at radius 2 is 2.33 bits per heavy atom. The molecule has 2 nitrogen and oxygen atoms in total. The summed E-state index contributed by atoms with van der Waals surface area (Å²) in [5.74, 6) is -0.837. The molecule has 0 aliphatic carbocycles. The molecular formula is C6H9BrO2. The second kappa shape index (κ2) is 4.56. The lowest BCUT2D eigenvalue weighted by Crippen LogP contribution is -1.95. The Morgan fingerprint density at radius 1 is 1.78 bits per heavy atom. The predicted molar refractivity (Wildman–Crippen MR) is 39.8 cm³/mol. The highest BCUT2D eigenvalue weighted by Crippen LogP contribution is 1.96. The fraction of sp³-hybridized carbons (Fsp3) is 0.500. The molecule has 0 amide bonds. The Kier molecular flexibility index (Phi) is 4.40. The lowest BCUT2D eigenvalue weighted by Gasteiger charge is -1.89. The maximum atomic E-state index is 10.1. The highest BCUT2D eigenvalue weighted by atomic mass is 79.9. The Labute approximate surface area is 62.7 Å². The number of carboxylic acids is 1. The van der Waals surface area contributed by atoms with Gasteiger partial charge in [-0.15, -0.1) is 0 Å². The van der Waals surface area contributed by atoms with Crippen molar-refractivity contribution in [2.24, 2.45) is 0 Å². The van der Waals surface area contributed by atoms with E-state index in [1.165, 1.54) is 0 Å². The zero-order valence-electron chi connectivity index (χ0n) is 5.22. The first kappa shape index (κ1) is 8.69. The van der Waals surface area contributed by atoms with Crippen LogP contribution >= 0.6 is 15.9 Å². The van der Waals surface area contributed by atoms with Crippen LogP contribution in [-0.4, -0.2) is 16.4 Å². The van der Waals surface area contributed by atoms with E-state index < -0.39 is 5.97 Å². The van der Waals surface area contributed by atoms with Crippen molar-refractivity contribution in [1.29, 1.82) is 0 Å². The average molecular weight is 193 g/mol. The van der Waals surface area contributed by atoms with E-state index in [0.29, 0.717) is 5.57 Å². The van der Waals surface area contributed by atoms with Gasteiger partial charge in [-0.2, -0.15) is 0 Å². The van der Waals surface area contributed by atoms with E-state index in [1.54, 1.807) is 13.0 Å². The summed E-state index contributed by atoms with van der Waals surface area (Å²) < 4.78 is 0. The topological polar surface area (TPSA) is 37.3 Å². The van der Waals surface area contributed by atoms with Crippen LogP contribution in [0.15, 0.2) is 11.6 Å². The van der Waals surface area contributed by atoms with Gasteiger partial charge >= 0.3 is 5.97 Å². The van der Waals surface area contributed by atoms with Crippen molar-refractivity contribution in [1.82, 2.24) is 0 Å². The smallest absolute Gasteiger partial charge is 0.330 e. The number of carboxylic acid groups (broad SMARTS) is 1. The van der Waals surface area contributed by atoms with Crippen LogP contribution in [0.3, 0.4) is 0 Å². The molecule has 0 saturated heterocycles. The molecule has 0 heterocycles. The molecule has 3 heteroatoms. The van der Waals surface area contributed by atoms with Gasteiger partial charge in [0.05, 0.1) is 0 Å². The molecule has 0 unspecified atom stereocenters. The zero-order valence-corrected chi connectivity index (χ0v) is 6.81. The number of allylic oxidation sites excluding steroid dienone is 1. The van der Waals surface area contributed by atoms with E-state index in [2.05, 4.69) is 15.9 Å². The van der Waals surface area contributed by atoms with Crippen molar-refractivity contribution in [3.8, 4) is 0 Å². The minimum absolute atomic E-state index is 0.412. The number of carbonyl (C=O) groups is 1. The van der Waals surface area contributed by atoms with Crippen LogP contribution in [0.5, 0.6) is 0 Å². The van der Waals surface area contributed by atoms with Gasteiger partial charge in [-0.3, -0.25) is 0 Å². The molecule has 0 aromatic rings. The van der Waals surface area contributed by atoms with E-state index in [0.717, 1.165) is 11.8 Å². The summed E-state index contributed by atoms with van der Waals surface area (Å²) in [6.07, 6.45) is 2.47. The third kappa shape index (κ3) is 4.21. The molecule has 0 fully saturated rings. The zero-order chi connectivity index (χ0) is 7.28. The van der Waals surface area contributed by atoms with Crippen molar-refractivity contribution in [3.05, 3.63) is 11.6 Å². The van der Waals surface area contributed by atoms with Gasteiger partial charge in [0.1, 0.15) is 0 Å². The van der Waals surface area contributed by atoms with Gasteiger partial charge < -0.3 is 5.11 Å². The van der Waals surface area contributed by atoms with Crippen LogP contribution in [0, 0.1) is 0 Å². The average Bonchev–Trinajstić information content (AvgIpc) is 1.82. The molecule has 0 aliphatic rings. The molecule has 0 aromatic heterocycles. The first-order valence-corrected chi connectivity index (χ1v) is 3.76. The van der Waals surface area contributed by atoms with Crippen molar-refractivity contribution in [3.63, 3.8) is 0 Å². The summed E-state index contributed by atoms with van der Waals surface area (Å²) in [7, 11) is 0. The Morgan fingerprint density at radius 3 is 2.67 bits per heavy atom. The molecule has 0 radical (unpaired) electrons. The first-order chi connectivity index (χ1) is 4.18. The first-order valence-electron chi connectivity index (χ1n) is 2.64. The predicted octanol–water partition coefficient (Wildman–Crippen LogP) is 1.80. The van der Waals surface area contributed by atoms with Crippen LogP contribution in [-0.2, 0) is 4.79 Å². The van der Waals surface area contributed by atoms with Gasteiger partial charge in [0, 0.05) is 10.9 Å². The molecule has 9 heavy (non-hydrogen) atoms. The van der Waals surface area contributed by atoms with E-state index in [4.69, 9.17) is 5.11 Å². The fourth-order valence-corrected chi connectivity index (χ4v) is 0.587. The van der Waals surface area contributed by atoms with Crippen molar-refractivity contribution in [2.75, 3.05) is 5.33 Å². The maximum Gasteiger partial charge on any atom is 0.330 e. The van der Waals surface area contributed by atoms with Gasteiger partial charge in [0.2, 0.25) is 0 Å². The molecule has 1 N–H and O–H groups in total. The summed E-state index contributed by atoms with van der Waals surface area (Å²) >= 11 is 3.19. The number of hydrogen-bond acceptors (Lipinski definition) is 1. The highest BCUT2D eigenvalue weighted by Gasteiger charge is 1.96. The van der Waals surface area contributed by atoms with Crippen molar-refractivity contribution in [2.45, 2.75) is 13.3 Å². The molecule has 52 valence electrons. The number of aliphatic carboxylic acids is 1. The van der Waals surface area contributed by atoms with E-state index in [-0.39, 0.29) is 0 Å². The van der Waals surface area contributed by atoms with Crippen LogP contribution in [0.25, 0.3) is 0 Å². The molecule has 0 spiro atoms. The lowest BCUT2D eigenvalue weighted by atomic mass is 10.2.